The van der Waals surface area contributed by atoms with E-state index < -0.39 is 0 Å². The number of carbonyl (C=O) groups excluding carboxylic acids is 1. The van der Waals surface area contributed by atoms with E-state index in [4.69, 9.17) is 4.74 Å². The summed E-state index contributed by atoms with van der Waals surface area (Å²) in [5.41, 5.74) is 2.06. The van der Waals surface area contributed by atoms with E-state index in [2.05, 4.69) is 26.8 Å². The molecule has 0 spiro atoms. The fraction of sp³-hybridized carbons (Fsp3) is 0.500. The highest BCUT2D eigenvalue weighted by Gasteiger charge is 2.31. The van der Waals surface area contributed by atoms with Crippen LogP contribution in [-0.2, 0) is 16.0 Å². The van der Waals surface area contributed by atoms with Crippen molar-refractivity contribution in [2.75, 3.05) is 25.1 Å². The SMILES string of the molecule is CCc1c[nH]c2ncnc(N3CCC(C(=O)OC)C3)c12. The largest absolute Gasteiger partial charge is 0.469 e. The molecule has 1 saturated heterocycles. The molecule has 6 heteroatoms. The monoisotopic (exact) mass is 274 g/mol. The van der Waals surface area contributed by atoms with Crippen LogP contribution in [0.4, 0.5) is 5.82 Å². The molecule has 1 aliphatic rings. The Morgan fingerprint density at radius 1 is 1.55 bits per heavy atom. The second kappa shape index (κ2) is 5.11. The van der Waals surface area contributed by atoms with Crippen LogP contribution >= 0.6 is 0 Å². The number of hydrogen-bond donors (Lipinski definition) is 1. The first-order valence-electron chi connectivity index (χ1n) is 6.88. The summed E-state index contributed by atoms with van der Waals surface area (Å²) in [6, 6.07) is 0. The molecule has 1 fully saturated rings. The quantitative estimate of drug-likeness (QED) is 0.859. The standard InChI is InChI=1S/C14H18N4O2/c1-3-9-6-15-12-11(9)13(17-8-16-12)18-5-4-10(7-18)14(19)20-2/h6,8,10H,3-5,7H2,1-2H3,(H,15,16,17). The van der Waals surface area contributed by atoms with E-state index in [1.54, 1.807) is 6.33 Å². The van der Waals surface area contributed by atoms with Gasteiger partial charge in [0.25, 0.3) is 0 Å². The van der Waals surface area contributed by atoms with E-state index >= 15 is 0 Å². The van der Waals surface area contributed by atoms with Crippen molar-refractivity contribution in [3.05, 3.63) is 18.1 Å². The normalized spacial score (nSPS) is 18.7. The van der Waals surface area contributed by atoms with Gasteiger partial charge >= 0.3 is 5.97 Å². The van der Waals surface area contributed by atoms with Crippen molar-refractivity contribution in [3.63, 3.8) is 0 Å². The molecule has 0 aromatic carbocycles. The van der Waals surface area contributed by atoms with Gasteiger partial charge in [-0.15, -0.1) is 0 Å². The molecule has 2 aromatic heterocycles. The highest BCUT2D eigenvalue weighted by atomic mass is 16.5. The lowest BCUT2D eigenvalue weighted by atomic mass is 10.1. The summed E-state index contributed by atoms with van der Waals surface area (Å²) in [4.78, 5) is 25.7. The third-order valence-corrected chi connectivity index (χ3v) is 3.93. The van der Waals surface area contributed by atoms with Crippen molar-refractivity contribution in [3.8, 4) is 0 Å². The van der Waals surface area contributed by atoms with Gasteiger partial charge < -0.3 is 14.6 Å². The van der Waals surface area contributed by atoms with Crippen LogP contribution in [0.3, 0.4) is 0 Å². The molecule has 20 heavy (non-hydrogen) atoms. The first-order chi connectivity index (χ1) is 9.74. The zero-order valence-electron chi connectivity index (χ0n) is 11.7. The summed E-state index contributed by atoms with van der Waals surface area (Å²) in [6.45, 7) is 3.59. The topological polar surface area (TPSA) is 71.1 Å². The zero-order valence-corrected chi connectivity index (χ0v) is 11.7. The second-order valence-corrected chi connectivity index (χ2v) is 5.04. The number of aromatic amines is 1. The minimum absolute atomic E-state index is 0.0611. The maximum Gasteiger partial charge on any atom is 0.310 e. The molecular weight excluding hydrogens is 256 g/mol. The fourth-order valence-corrected chi connectivity index (χ4v) is 2.84. The first-order valence-corrected chi connectivity index (χ1v) is 6.88. The number of anilines is 1. The van der Waals surface area contributed by atoms with E-state index in [0.29, 0.717) is 6.54 Å². The Morgan fingerprint density at radius 3 is 3.15 bits per heavy atom. The molecule has 1 N–H and O–H groups in total. The van der Waals surface area contributed by atoms with E-state index in [-0.39, 0.29) is 11.9 Å². The van der Waals surface area contributed by atoms with Crippen LogP contribution < -0.4 is 4.90 Å². The predicted octanol–water partition coefficient (Wildman–Crippen LogP) is 1.52. The number of ether oxygens (including phenoxy) is 1. The second-order valence-electron chi connectivity index (χ2n) is 5.04. The number of methoxy groups -OCH3 is 1. The minimum Gasteiger partial charge on any atom is -0.469 e. The van der Waals surface area contributed by atoms with Crippen LogP contribution in [0, 0.1) is 5.92 Å². The summed E-state index contributed by atoms with van der Waals surface area (Å²) in [7, 11) is 1.44. The lowest BCUT2D eigenvalue weighted by Gasteiger charge is -2.18. The number of nitrogens with zero attached hydrogens (tertiary/aromatic N) is 3. The van der Waals surface area contributed by atoms with Gasteiger partial charge in [0.2, 0.25) is 0 Å². The Labute approximate surface area is 117 Å². The number of rotatable bonds is 3. The third kappa shape index (κ3) is 2.01. The molecule has 1 aliphatic heterocycles. The van der Waals surface area contributed by atoms with E-state index in [1.807, 2.05) is 6.20 Å². The zero-order chi connectivity index (χ0) is 14.1. The number of esters is 1. The van der Waals surface area contributed by atoms with Gasteiger partial charge in [-0.3, -0.25) is 4.79 Å². The summed E-state index contributed by atoms with van der Waals surface area (Å²) < 4.78 is 4.83. The van der Waals surface area contributed by atoms with Crippen LogP contribution in [0.25, 0.3) is 11.0 Å². The van der Waals surface area contributed by atoms with Gasteiger partial charge in [-0.05, 0) is 18.4 Å². The first kappa shape index (κ1) is 12.9. The Morgan fingerprint density at radius 2 is 2.40 bits per heavy atom. The number of aromatic nitrogens is 3. The molecular formula is C14H18N4O2. The predicted molar refractivity (Wildman–Crippen MR) is 75.6 cm³/mol. The van der Waals surface area contributed by atoms with Gasteiger partial charge in [-0.1, -0.05) is 6.92 Å². The lowest BCUT2D eigenvalue weighted by molar-refractivity contribution is -0.144. The van der Waals surface area contributed by atoms with E-state index in [0.717, 1.165) is 36.2 Å². The van der Waals surface area contributed by atoms with Crippen LogP contribution in [0.1, 0.15) is 18.9 Å². The van der Waals surface area contributed by atoms with E-state index in [1.165, 1.54) is 12.7 Å². The van der Waals surface area contributed by atoms with Crippen molar-refractivity contribution in [1.29, 1.82) is 0 Å². The highest BCUT2D eigenvalue weighted by molar-refractivity contribution is 5.91. The number of fused-ring (bicyclic) bond motifs is 1. The Balaban J connectivity index is 1.95. The third-order valence-electron chi connectivity index (χ3n) is 3.93. The molecule has 106 valence electrons. The van der Waals surface area contributed by atoms with Gasteiger partial charge in [-0.2, -0.15) is 0 Å². The molecule has 1 unspecified atom stereocenters. The van der Waals surface area contributed by atoms with Crippen molar-refractivity contribution in [2.45, 2.75) is 19.8 Å². The van der Waals surface area contributed by atoms with Crippen molar-refractivity contribution >= 4 is 22.8 Å². The van der Waals surface area contributed by atoms with Crippen LogP contribution in [-0.4, -0.2) is 41.1 Å². The maximum atomic E-state index is 11.6. The molecule has 2 aromatic rings. The maximum absolute atomic E-state index is 11.6. The molecule has 0 aliphatic carbocycles. The summed E-state index contributed by atoms with van der Waals surface area (Å²) in [6.07, 6.45) is 5.29. The summed E-state index contributed by atoms with van der Waals surface area (Å²) in [5, 5.41) is 1.07. The van der Waals surface area contributed by atoms with Gasteiger partial charge in [0.1, 0.15) is 17.8 Å². The number of carbonyl (C=O) groups is 1. The van der Waals surface area contributed by atoms with Gasteiger partial charge in [-0.25, -0.2) is 9.97 Å². The lowest BCUT2D eigenvalue weighted by Crippen LogP contribution is -2.24. The Kier molecular flexibility index (Phi) is 3.30. The molecule has 0 bridgehead atoms. The van der Waals surface area contributed by atoms with E-state index in [9.17, 15) is 4.79 Å². The average molecular weight is 274 g/mol. The van der Waals surface area contributed by atoms with Crippen molar-refractivity contribution in [2.24, 2.45) is 5.92 Å². The van der Waals surface area contributed by atoms with Crippen LogP contribution in [0.15, 0.2) is 12.5 Å². The van der Waals surface area contributed by atoms with Crippen molar-refractivity contribution in [1.82, 2.24) is 15.0 Å². The number of aryl methyl sites for hydroxylation is 1. The highest BCUT2D eigenvalue weighted by Crippen LogP contribution is 2.30. The molecule has 3 heterocycles. The van der Waals surface area contributed by atoms with Crippen LogP contribution in [0.5, 0.6) is 0 Å². The molecule has 0 amide bonds. The van der Waals surface area contributed by atoms with Gasteiger partial charge in [0, 0.05) is 19.3 Å². The Bertz CT molecular complexity index is 637. The van der Waals surface area contributed by atoms with Gasteiger partial charge in [0.15, 0.2) is 0 Å². The smallest absolute Gasteiger partial charge is 0.310 e. The Hall–Kier alpha value is -2.11. The number of hydrogen-bond acceptors (Lipinski definition) is 5. The average Bonchev–Trinajstić information content (AvgIpc) is 3.12. The molecule has 3 rings (SSSR count). The fourth-order valence-electron chi connectivity index (χ4n) is 2.84. The molecule has 0 saturated carbocycles. The molecule has 6 nitrogen and oxygen atoms in total. The molecule has 0 radical (unpaired) electrons. The number of H-pyrrole nitrogens is 1. The van der Waals surface area contributed by atoms with Gasteiger partial charge in [0.05, 0.1) is 18.4 Å². The minimum atomic E-state index is -0.136. The molecule has 1 atom stereocenters. The summed E-state index contributed by atoms with van der Waals surface area (Å²) >= 11 is 0. The van der Waals surface area contributed by atoms with Crippen molar-refractivity contribution < 1.29 is 9.53 Å². The summed E-state index contributed by atoms with van der Waals surface area (Å²) in [5.74, 6) is 0.719. The van der Waals surface area contributed by atoms with Crippen LogP contribution in [0.2, 0.25) is 0 Å². The number of nitrogens with one attached hydrogen (secondary N) is 1.